The summed E-state index contributed by atoms with van der Waals surface area (Å²) in [7, 11) is 0. The number of imidazole rings is 1. The zero-order chi connectivity index (χ0) is 18.8. The molecule has 4 rings (SSSR count). The Morgan fingerprint density at radius 2 is 2.00 bits per heavy atom. The Balaban J connectivity index is 1.57. The van der Waals surface area contributed by atoms with Crippen molar-refractivity contribution in [3.05, 3.63) is 71.9 Å². The summed E-state index contributed by atoms with van der Waals surface area (Å²) < 4.78 is 2.02. The first kappa shape index (κ1) is 16.6. The normalized spacial score (nSPS) is 10.9. The second-order valence-corrected chi connectivity index (χ2v) is 5.99. The van der Waals surface area contributed by atoms with E-state index < -0.39 is 5.97 Å². The molecular formula is C19H16N6O2. The number of nitrogens with zero attached hydrogens (tertiary/aromatic N) is 5. The molecule has 0 unspecified atom stereocenters. The summed E-state index contributed by atoms with van der Waals surface area (Å²) >= 11 is 0. The minimum atomic E-state index is -1.01. The molecule has 0 saturated heterocycles. The number of rotatable bonds is 5. The molecule has 8 heteroatoms. The van der Waals surface area contributed by atoms with Gasteiger partial charge in [0, 0.05) is 18.6 Å². The molecule has 0 fully saturated rings. The van der Waals surface area contributed by atoms with Crippen molar-refractivity contribution in [2.45, 2.75) is 13.5 Å². The largest absolute Gasteiger partial charge is 0.478 e. The van der Waals surface area contributed by atoms with E-state index in [1.165, 1.54) is 18.3 Å². The van der Waals surface area contributed by atoms with Gasteiger partial charge in [0.1, 0.15) is 5.65 Å². The Morgan fingerprint density at radius 1 is 1.15 bits per heavy atom. The molecule has 0 amide bonds. The number of aromatic nitrogens is 5. The van der Waals surface area contributed by atoms with Gasteiger partial charge >= 0.3 is 5.97 Å². The summed E-state index contributed by atoms with van der Waals surface area (Å²) in [6.07, 6.45) is 6.84. The number of aryl methyl sites for hydroxylation is 1. The molecule has 0 spiro atoms. The maximum Gasteiger partial charge on any atom is 0.335 e. The van der Waals surface area contributed by atoms with Crippen molar-refractivity contribution in [2.24, 2.45) is 0 Å². The molecule has 0 aliphatic carbocycles. The molecular weight excluding hydrogens is 344 g/mol. The highest BCUT2D eigenvalue weighted by Crippen LogP contribution is 2.17. The fraction of sp³-hybridized carbons (Fsp3) is 0.105. The highest BCUT2D eigenvalue weighted by molar-refractivity contribution is 5.88. The Kier molecular flexibility index (Phi) is 4.21. The number of hydrogen-bond acceptors (Lipinski definition) is 6. The van der Waals surface area contributed by atoms with Crippen LogP contribution in [0.15, 0.2) is 55.1 Å². The molecule has 0 aliphatic heterocycles. The van der Waals surface area contributed by atoms with Gasteiger partial charge in [-0.2, -0.15) is 0 Å². The predicted octanol–water partition coefficient (Wildman–Crippen LogP) is 2.81. The summed E-state index contributed by atoms with van der Waals surface area (Å²) in [4.78, 5) is 28.4. The Morgan fingerprint density at radius 3 is 2.85 bits per heavy atom. The predicted molar refractivity (Wildman–Crippen MR) is 99.5 cm³/mol. The topological polar surface area (TPSA) is 105 Å². The zero-order valence-corrected chi connectivity index (χ0v) is 14.5. The van der Waals surface area contributed by atoms with Crippen molar-refractivity contribution in [1.29, 1.82) is 0 Å². The molecule has 4 heterocycles. The van der Waals surface area contributed by atoms with E-state index in [1.807, 2.05) is 35.9 Å². The summed E-state index contributed by atoms with van der Waals surface area (Å²) in [5.74, 6) is -0.577. The number of carbonyl (C=O) groups is 1. The van der Waals surface area contributed by atoms with Gasteiger partial charge in [-0.25, -0.2) is 19.7 Å². The first-order valence-corrected chi connectivity index (χ1v) is 8.30. The molecule has 0 aliphatic rings. The second-order valence-electron chi connectivity index (χ2n) is 5.99. The summed E-state index contributed by atoms with van der Waals surface area (Å²) in [6, 6.07) is 8.62. The number of hydrogen-bond donors (Lipinski definition) is 2. The van der Waals surface area contributed by atoms with Gasteiger partial charge in [0.25, 0.3) is 0 Å². The Hall–Kier alpha value is -3.81. The number of fused-ring (bicyclic) bond motifs is 1. The summed E-state index contributed by atoms with van der Waals surface area (Å²) in [6.45, 7) is 2.51. The van der Waals surface area contributed by atoms with Gasteiger partial charge in [0.05, 0.1) is 35.4 Å². The average Bonchev–Trinajstić information content (AvgIpc) is 3.11. The first-order chi connectivity index (χ1) is 13.1. The molecule has 0 saturated carbocycles. The lowest BCUT2D eigenvalue weighted by atomic mass is 10.2. The van der Waals surface area contributed by atoms with Crippen LogP contribution >= 0.6 is 0 Å². The van der Waals surface area contributed by atoms with Crippen LogP contribution in [0.1, 0.15) is 21.6 Å². The van der Waals surface area contributed by atoms with Gasteiger partial charge in [-0.05, 0) is 36.8 Å². The van der Waals surface area contributed by atoms with Gasteiger partial charge in [-0.1, -0.05) is 6.07 Å². The van der Waals surface area contributed by atoms with Gasteiger partial charge in [-0.15, -0.1) is 0 Å². The minimum Gasteiger partial charge on any atom is -0.478 e. The van der Waals surface area contributed by atoms with E-state index in [1.54, 1.807) is 12.3 Å². The van der Waals surface area contributed by atoms with Crippen molar-refractivity contribution in [2.75, 3.05) is 5.32 Å². The van der Waals surface area contributed by atoms with E-state index in [2.05, 4.69) is 25.3 Å². The van der Waals surface area contributed by atoms with Crippen LogP contribution in [0.5, 0.6) is 0 Å². The molecule has 4 aromatic rings. The van der Waals surface area contributed by atoms with Crippen LogP contribution in [-0.4, -0.2) is 35.4 Å². The minimum absolute atomic E-state index is 0.161. The van der Waals surface area contributed by atoms with Crippen molar-refractivity contribution in [3.63, 3.8) is 0 Å². The molecule has 8 nitrogen and oxygen atoms in total. The van der Waals surface area contributed by atoms with Gasteiger partial charge in [-0.3, -0.25) is 4.98 Å². The van der Waals surface area contributed by atoms with Crippen LogP contribution in [0.4, 0.5) is 5.95 Å². The van der Waals surface area contributed by atoms with Crippen LogP contribution in [0.25, 0.3) is 17.0 Å². The Bertz CT molecular complexity index is 1140. The van der Waals surface area contributed by atoms with E-state index >= 15 is 0 Å². The average molecular weight is 360 g/mol. The van der Waals surface area contributed by atoms with Crippen LogP contribution < -0.4 is 5.32 Å². The van der Waals surface area contributed by atoms with E-state index in [0.29, 0.717) is 23.9 Å². The number of aromatic carboxylic acids is 1. The van der Waals surface area contributed by atoms with Crippen molar-refractivity contribution >= 4 is 17.6 Å². The van der Waals surface area contributed by atoms with Crippen LogP contribution in [0, 0.1) is 6.92 Å². The van der Waals surface area contributed by atoms with Crippen LogP contribution in [-0.2, 0) is 6.54 Å². The molecule has 27 heavy (non-hydrogen) atoms. The molecule has 0 atom stereocenters. The zero-order valence-electron chi connectivity index (χ0n) is 14.5. The lowest BCUT2D eigenvalue weighted by Gasteiger charge is -2.07. The number of pyridine rings is 2. The molecule has 0 radical (unpaired) electrons. The van der Waals surface area contributed by atoms with Gasteiger partial charge < -0.3 is 14.8 Å². The molecule has 0 bridgehead atoms. The standard InChI is InChI=1S/C19H16N6O2/c1-12-3-2-8-25-14(10-22-17(12)25)11-23-19-21-7-5-15(24-19)16-9-13(18(26)27)4-6-20-16/h2-10H,11H2,1H3,(H,26,27)(H,21,23,24). The lowest BCUT2D eigenvalue weighted by molar-refractivity contribution is 0.0697. The maximum atomic E-state index is 11.1. The number of carboxylic acids is 1. The third kappa shape index (κ3) is 3.32. The smallest absolute Gasteiger partial charge is 0.335 e. The highest BCUT2D eigenvalue weighted by atomic mass is 16.4. The molecule has 4 aromatic heterocycles. The van der Waals surface area contributed by atoms with E-state index in [4.69, 9.17) is 5.11 Å². The van der Waals surface area contributed by atoms with E-state index in [0.717, 1.165) is 16.9 Å². The second kappa shape index (κ2) is 6.83. The maximum absolute atomic E-state index is 11.1. The fourth-order valence-electron chi connectivity index (χ4n) is 2.79. The van der Waals surface area contributed by atoms with Crippen LogP contribution in [0.3, 0.4) is 0 Å². The molecule has 2 N–H and O–H groups in total. The number of nitrogens with one attached hydrogen (secondary N) is 1. The monoisotopic (exact) mass is 360 g/mol. The number of anilines is 1. The molecule has 134 valence electrons. The fourth-order valence-corrected chi connectivity index (χ4v) is 2.79. The first-order valence-electron chi connectivity index (χ1n) is 8.30. The van der Waals surface area contributed by atoms with Crippen molar-refractivity contribution < 1.29 is 9.90 Å². The number of carboxylic acid groups (broad SMARTS) is 1. The van der Waals surface area contributed by atoms with Crippen LogP contribution in [0.2, 0.25) is 0 Å². The van der Waals surface area contributed by atoms with Gasteiger partial charge in [0.15, 0.2) is 0 Å². The van der Waals surface area contributed by atoms with Crippen molar-refractivity contribution in [3.8, 4) is 11.4 Å². The third-order valence-corrected chi connectivity index (χ3v) is 4.16. The highest BCUT2D eigenvalue weighted by Gasteiger charge is 2.09. The lowest BCUT2D eigenvalue weighted by Crippen LogP contribution is -2.06. The van der Waals surface area contributed by atoms with E-state index in [9.17, 15) is 4.79 Å². The summed E-state index contributed by atoms with van der Waals surface area (Å²) in [5.41, 5.74) is 4.18. The third-order valence-electron chi connectivity index (χ3n) is 4.16. The van der Waals surface area contributed by atoms with E-state index in [-0.39, 0.29) is 5.56 Å². The quantitative estimate of drug-likeness (QED) is 0.564. The molecule has 0 aromatic carbocycles. The Labute approximate surface area is 154 Å². The van der Waals surface area contributed by atoms with Gasteiger partial charge in [0.2, 0.25) is 5.95 Å². The summed E-state index contributed by atoms with van der Waals surface area (Å²) in [5, 5.41) is 12.3. The van der Waals surface area contributed by atoms with Crippen molar-refractivity contribution in [1.82, 2.24) is 24.3 Å². The SMILES string of the molecule is Cc1cccn2c(CNc3nccc(-c4cc(C(=O)O)ccn4)n3)cnc12.